The summed E-state index contributed by atoms with van der Waals surface area (Å²) in [6.45, 7) is 4.84. The number of hydrogen-bond acceptors (Lipinski definition) is 4. The molecule has 0 spiro atoms. The molecule has 1 aliphatic rings. The van der Waals surface area contributed by atoms with Crippen LogP contribution in [-0.4, -0.2) is 42.0 Å². The number of nitrogens with one attached hydrogen (secondary N) is 1. The van der Waals surface area contributed by atoms with Crippen LogP contribution in [0.4, 0.5) is 0 Å². The first-order valence-electron chi connectivity index (χ1n) is 4.39. The van der Waals surface area contributed by atoms with Gasteiger partial charge in [-0.05, 0) is 6.92 Å². The summed E-state index contributed by atoms with van der Waals surface area (Å²) < 4.78 is 0. The molecule has 0 atom stereocenters. The zero-order valence-corrected chi connectivity index (χ0v) is 9.46. The molecule has 0 aromatic carbocycles. The fourth-order valence-electron chi connectivity index (χ4n) is 1.12. The second kappa shape index (κ2) is 6.39. The summed E-state index contributed by atoms with van der Waals surface area (Å²) in [7, 11) is 3.83. The minimum absolute atomic E-state index is 0.774. The van der Waals surface area contributed by atoms with E-state index < -0.39 is 0 Å². The van der Waals surface area contributed by atoms with E-state index in [9.17, 15) is 0 Å². The first kappa shape index (κ1) is 11.0. The molecule has 0 aliphatic carbocycles. The van der Waals surface area contributed by atoms with Crippen LogP contribution in [0.25, 0.3) is 0 Å². The van der Waals surface area contributed by atoms with E-state index in [4.69, 9.17) is 5.84 Å². The normalized spacial score (nSPS) is 19.8. The van der Waals surface area contributed by atoms with E-state index in [0.717, 1.165) is 37.1 Å². The highest BCUT2D eigenvalue weighted by molar-refractivity contribution is 8.76. The lowest BCUT2D eigenvalue weighted by Gasteiger charge is -2.22. The van der Waals surface area contributed by atoms with E-state index >= 15 is 0 Å². The lowest BCUT2D eigenvalue weighted by molar-refractivity contribution is 0.454. The summed E-state index contributed by atoms with van der Waals surface area (Å²) in [5.41, 5.74) is 2.66. The molecule has 1 heterocycles. The fourth-order valence-corrected chi connectivity index (χ4v) is 3.10. The number of nitrogens with two attached hydrogens (primary N) is 1. The van der Waals surface area contributed by atoms with Crippen molar-refractivity contribution in [1.29, 1.82) is 0 Å². The largest absolute Gasteiger partial charge is 0.340 e. The van der Waals surface area contributed by atoms with Gasteiger partial charge in [0.05, 0.1) is 0 Å². The summed E-state index contributed by atoms with van der Waals surface area (Å²) in [6.07, 6.45) is 0. The van der Waals surface area contributed by atoms with E-state index in [2.05, 4.69) is 15.3 Å². The highest BCUT2D eigenvalue weighted by Crippen LogP contribution is 2.23. The number of hydrogen-bond donors (Lipinski definition) is 2. The standard InChI is InChI=1S/C7H16N4S2/c1-2-9-7(10-8)11-3-5-12-13-6-4-11/h2-6,8H2,1H3,(H,9,10). The molecular weight excluding hydrogens is 204 g/mol. The monoisotopic (exact) mass is 220 g/mol. The van der Waals surface area contributed by atoms with Gasteiger partial charge in [-0.15, -0.1) is 0 Å². The summed E-state index contributed by atoms with van der Waals surface area (Å²) in [6, 6.07) is 0. The molecule has 0 unspecified atom stereocenters. The highest BCUT2D eigenvalue weighted by atomic mass is 33.1. The number of rotatable bonds is 1. The summed E-state index contributed by atoms with van der Waals surface area (Å²) >= 11 is 0. The van der Waals surface area contributed by atoms with Crippen LogP contribution in [0.2, 0.25) is 0 Å². The summed E-state index contributed by atoms with van der Waals surface area (Å²) in [5, 5.41) is 0. The Morgan fingerprint density at radius 3 is 2.54 bits per heavy atom. The molecule has 0 saturated carbocycles. The summed E-state index contributed by atoms with van der Waals surface area (Å²) in [5.74, 6) is 8.50. The maximum absolute atomic E-state index is 5.40. The zero-order valence-electron chi connectivity index (χ0n) is 7.82. The first-order chi connectivity index (χ1) is 6.38. The smallest absolute Gasteiger partial charge is 0.208 e. The molecule has 0 amide bonds. The average molecular weight is 220 g/mol. The Kier molecular flexibility index (Phi) is 5.41. The van der Waals surface area contributed by atoms with Crippen LogP contribution in [0, 0.1) is 0 Å². The lowest BCUT2D eigenvalue weighted by atomic mass is 10.5. The van der Waals surface area contributed by atoms with Gasteiger partial charge in [-0.2, -0.15) is 0 Å². The van der Waals surface area contributed by atoms with Crippen molar-refractivity contribution in [2.24, 2.45) is 10.8 Å². The van der Waals surface area contributed by atoms with E-state index in [1.165, 1.54) is 0 Å². The topological polar surface area (TPSA) is 53.6 Å². The quantitative estimate of drug-likeness (QED) is 0.222. The molecule has 4 nitrogen and oxygen atoms in total. The van der Waals surface area contributed by atoms with Crippen molar-refractivity contribution in [2.45, 2.75) is 6.92 Å². The fraction of sp³-hybridized carbons (Fsp3) is 0.857. The number of hydrazine groups is 1. The van der Waals surface area contributed by atoms with Crippen molar-refractivity contribution in [3.63, 3.8) is 0 Å². The van der Waals surface area contributed by atoms with E-state index in [0.29, 0.717) is 0 Å². The van der Waals surface area contributed by atoms with Crippen LogP contribution < -0.4 is 11.3 Å². The van der Waals surface area contributed by atoms with Crippen LogP contribution in [0.3, 0.4) is 0 Å². The predicted molar refractivity (Wildman–Crippen MR) is 61.8 cm³/mol. The van der Waals surface area contributed by atoms with Crippen molar-refractivity contribution in [3.8, 4) is 0 Å². The van der Waals surface area contributed by atoms with Crippen LogP contribution in [0.5, 0.6) is 0 Å². The molecule has 1 saturated heterocycles. The maximum Gasteiger partial charge on any atom is 0.208 e. The van der Waals surface area contributed by atoms with Gasteiger partial charge in [-0.3, -0.25) is 10.4 Å². The zero-order chi connectivity index (χ0) is 9.52. The Bertz CT molecular complexity index is 166. The third-order valence-electron chi connectivity index (χ3n) is 1.71. The van der Waals surface area contributed by atoms with Crippen LogP contribution >= 0.6 is 21.6 Å². The second-order valence-electron chi connectivity index (χ2n) is 2.57. The average Bonchev–Trinajstić information content (AvgIpc) is 2.42. The Hall–Kier alpha value is -0.0700. The van der Waals surface area contributed by atoms with Crippen molar-refractivity contribution in [1.82, 2.24) is 10.3 Å². The SMILES string of the molecule is CCN=C(NN)N1CCSSCC1. The molecule has 3 N–H and O–H groups in total. The first-order valence-corrected chi connectivity index (χ1v) is 6.87. The Morgan fingerprint density at radius 1 is 1.46 bits per heavy atom. The highest BCUT2D eigenvalue weighted by Gasteiger charge is 2.12. The molecule has 13 heavy (non-hydrogen) atoms. The molecule has 0 radical (unpaired) electrons. The molecule has 0 aromatic rings. The molecule has 1 rings (SSSR count). The van der Waals surface area contributed by atoms with Gasteiger partial charge in [-0.25, -0.2) is 5.84 Å². The third kappa shape index (κ3) is 3.66. The predicted octanol–water partition coefficient (Wildman–Crippen LogP) is 0.523. The van der Waals surface area contributed by atoms with E-state index in [-0.39, 0.29) is 0 Å². The number of aliphatic imine (C=N–C) groups is 1. The molecule has 0 bridgehead atoms. The Labute approximate surface area is 87.1 Å². The molecule has 1 aliphatic heterocycles. The van der Waals surface area contributed by atoms with E-state index in [1.54, 1.807) is 0 Å². The van der Waals surface area contributed by atoms with Gasteiger partial charge < -0.3 is 4.90 Å². The van der Waals surface area contributed by atoms with Gasteiger partial charge >= 0.3 is 0 Å². The van der Waals surface area contributed by atoms with Crippen LogP contribution in [-0.2, 0) is 0 Å². The Balaban J connectivity index is 2.50. The van der Waals surface area contributed by atoms with Gasteiger partial charge in [0.1, 0.15) is 0 Å². The third-order valence-corrected chi connectivity index (χ3v) is 4.07. The van der Waals surface area contributed by atoms with Gasteiger partial charge in [-0.1, -0.05) is 21.6 Å². The minimum Gasteiger partial charge on any atom is -0.340 e. The number of guanidine groups is 1. The van der Waals surface area contributed by atoms with Crippen molar-refractivity contribution in [3.05, 3.63) is 0 Å². The van der Waals surface area contributed by atoms with Gasteiger partial charge in [0.25, 0.3) is 0 Å². The number of nitrogens with zero attached hydrogens (tertiary/aromatic N) is 2. The van der Waals surface area contributed by atoms with E-state index in [1.807, 2.05) is 28.5 Å². The van der Waals surface area contributed by atoms with Crippen molar-refractivity contribution < 1.29 is 0 Å². The van der Waals surface area contributed by atoms with Gasteiger partial charge in [0.15, 0.2) is 0 Å². The minimum atomic E-state index is 0.774. The molecule has 0 aromatic heterocycles. The van der Waals surface area contributed by atoms with Gasteiger partial charge in [0, 0.05) is 31.1 Å². The maximum atomic E-state index is 5.40. The van der Waals surface area contributed by atoms with Gasteiger partial charge in [0.2, 0.25) is 5.96 Å². The molecule has 6 heteroatoms. The molecule has 76 valence electrons. The second-order valence-corrected chi connectivity index (χ2v) is 5.28. The van der Waals surface area contributed by atoms with Crippen molar-refractivity contribution >= 4 is 27.5 Å². The van der Waals surface area contributed by atoms with Crippen molar-refractivity contribution in [2.75, 3.05) is 31.1 Å². The summed E-state index contributed by atoms with van der Waals surface area (Å²) in [4.78, 5) is 6.50. The Morgan fingerprint density at radius 2 is 2.08 bits per heavy atom. The van der Waals surface area contributed by atoms with Crippen LogP contribution in [0.15, 0.2) is 4.99 Å². The lowest BCUT2D eigenvalue weighted by Crippen LogP contribution is -2.46. The molecular formula is C7H16N4S2. The molecule has 1 fully saturated rings. The van der Waals surface area contributed by atoms with Crippen LogP contribution in [0.1, 0.15) is 6.92 Å².